The number of carboxylic acid groups (broad SMARTS) is 2. The molecule has 0 radical (unpaired) electrons. The summed E-state index contributed by atoms with van der Waals surface area (Å²) in [6, 6.07) is 29.3. The van der Waals surface area contributed by atoms with Crippen LogP contribution in [0, 0.1) is 26.0 Å². The van der Waals surface area contributed by atoms with Crippen molar-refractivity contribution in [3.63, 3.8) is 0 Å². The monoisotopic (exact) mass is 1770 g/mol. The number of nitrogen functional groups attached to an aromatic ring is 3. The minimum absolute atomic E-state index is 0.00519. The molecule has 598 valence electrons. The highest BCUT2D eigenvalue weighted by Crippen LogP contribution is 2.45. The van der Waals surface area contributed by atoms with Crippen molar-refractivity contribution >= 4 is 153 Å². The van der Waals surface area contributed by atoms with Gasteiger partial charge in [0.1, 0.15) is 40.2 Å². The predicted molar refractivity (Wildman–Crippen MR) is 436 cm³/mol. The summed E-state index contributed by atoms with van der Waals surface area (Å²) in [7, 11) is 8.85. The number of nitrogens with two attached hydrogens (primary N) is 3. The Balaban J connectivity index is 0.000000638. The number of ether oxygens (including phenoxy) is 11. The van der Waals surface area contributed by atoms with E-state index in [1.807, 2.05) is 61.5 Å². The summed E-state index contributed by atoms with van der Waals surface area (Å²) in [6.07, 6.45) is -0.0986. The predicted octanol–water partition coefficient (Wildman–Crippen LogP) is 21.5. The molecule has 0 fully saturated rings. The van der Waals surface area contributed by atoms with Gasteiger partial charge < -0.3 is 89.9 Å². The third kappa shape index (κ3) is 34.3. The third-order valence-electron chi connectivity index (χ3n) is 12.4. The van der Waals surface area contributed by atoms with Crippen molar-refractivity contribution in [2.24, 2.45) is 0 Å². The number of rotatable bonds is 22. The van der Waals surface area contributed by atoms with Crippen molar-refractivity contribution < 1.29 is 91.3 Å². The second-order valence-electron chi connectivity index (χ2n) is 23.2. The smallest absolute Gasteiger partial charge is 0.337 e. The van der Waals surface area contributed by atoms with Crippen LogP contribution in [0.1, 0.15) is 104 Å². The van der Waals surface area contributed by atoms with Crippen LogP contribution in [0.25, 0.3) is 0 Å². The molecule has 0 aliphatic heterocycles. The average molecular weight is 1770 g/mol. The van der Waals surface area contributed by atoms with Crippen molar-refractivity contribution in [1.82, 2.24) is 0 Å². The summed E-state index contributed by atoms with van der Waals surface area (Å²) in [5.74, 6) is 2.07. The Morgan fingerprint density at radius 3 is 1.24 bits per heavy atom. The first-order valence-electron chi connectivity index (χ1n) is 32.2. The molecule has 0 atom stereocenters. The van der Waals surface area contributed by atoms with Crippen LogP contribution in [0.15, 0.2) is 124 Å². The lowest BCUT2D eigenvalue weighted by Crippen LogP contribution is -2.08. The molecule has 0 saturated heterocycles. The lowest BCUT2D eigenvalue weighted by Gasteiger charge is -2.17. The lowest BCUT2D eigenvalue weighted by molar-refractivity contribution is -0.387. The molecule has 0 aromatic heterocycles. The molecule has 0 saturated carbocycles. The summed E-state index contributed by atoms with van der Waals surface area (Å²) in [6.45, 7) is 22.4. The van der Waals surface area contributed by atoms with Gasteiger partial charge in [0.15, 0.2) is 23.0 Å². The van der Waals surface area contributed by atoms with Crippen molar-refractivity contribution in [3.8, 4) is 63.2 Å². The van der Waals surface area contributed by atoms with E-state index in [-0.39, 0.29) is 80.7 Å². The van der Waals surface area contributed by atoms with E-state index in [2.05, 4.69) is 41.9 Å². The number of nitrogens with zero attached hydrogens (tertiary/aromatic N) is 2. The zero-order chi connectivity index (χ0) is 83.4. The summed E-state index contributed by atoms with van der Waals surface area (Å²) >= 11 is 42.2. The van der Waals surface area contributed by atoms with Crippen LogP contribution >= 0.6 is 101 Å². The number of nitro benzene ring substituents is 2. The number of hydrogen-bond donors (Lipinski definition) is 7. The first-order valence-corrected chi connectivity index (χ1v) is 36.0. The maximum absolute atomic E-state index is 12.8. The van der Waals surface area contributed by atoms with Crippen LogP contribution in [0.2, 0.25) is 30.1 Å². The summed E-state index contributed by atoms with van der Waals surface area (Å²) < 4.78 is 71.8. The number of anilines is 5. The summed E-state index contributed by atoms with van der Waals surface area (Å²) in [4.78, 5) is 41.4. The van der Waals surface area contributed by atoms with Gasteiger partial charge in [0, 0.05) is 60.3 Å². The van der Waals surface area contributed by atoms with Crippen LogP contribution in [-0.2, 0) is 0 Å². The van der Waals surface area contributed by atoms with E-state index in [4.69, 9.17) is 144 Å². The fourth-order valence-electron chi connectivity index (χ4n) is 8.08. The Bertz CT molecular complexity index is 4260. The van der Waals surface area contributed by atoms with E-state index in [0.29, 0.717) is 93.2 Å². The maximum Gasteiger partial charge on any atom is 0.337 e. The van der Waals surface area contributed by atoms with Crippen molar-refractivity contribution in [2.75, 3.05) is 65.2 Å². The largest absolute Gasteiger partial charge is 0.495 e. The molecule has 8 aromatic rings. The second kappa shape index (κ2) is 49.3. The number of benzene rings is 8. The maximum atomic E-state index is 12.8. The molecular formula is C74H89Br2Cl6FN6O20. The lowest BCUT2D eigenvalue weighted by atomic mass is 10.1. The van der Waals surface area contributed by atoms with Gasteiger partial charge >= 0.3 is 23.3 Å². The molecule has 0 heterocycles. The number of aliphatic hydroxyl groups excluding tert-OH is 1. The van der Waals surface area contributed by atoms with Crippen LogP contribution in [0.5, 0.6) is 63.2 Å². The zero-order valence-corrected chi connectivity index (χ0v) is 70.5. The fourth-order valence-corrected chi connectivity index (χ4v) is 11.0. The van der Waals surface area contributed by atoms with Gasteiger partial charge in [0.25, 0.3) is 0 Å². The van der Waals surface area contributed by atoms with Gasteiger partial charge in [-0.1, -0.05) is 93.9 Å². The molecule has 8 aromatic carbocycles. The first kappa shape index (κ1) is 98.1. The van der Waals surface area contributed by atoms with Gasteiger partial charge in [-0.2, -0.15) is 4.39 Å². The van der Waals surface area contributed by atoms with Crippen molar-refractivity contribution in [1.29, 1.82) is 0 Å². The van der Waals surface area contributed by atoms with E-state index in [1.165, 1.54) is 52.7 Å². The Morgan fingerprint density at radius 1 is 0.440 bits per heavy atom. The summed E-state index contributed by atoms with van der Waals surface area (Å²) in [5.41, 5.74) is 18.7. The number of nitrogens with one attached hydrogen (secondary N) is 1. The quantitative estimate of drug-likeness (QED) is 0.0188. The molecule has 109 heavy (non-hydrogen) atoms. The number of halogens is 9. The van der Waals surface area contributed by atoms with Crippen molar-refractivity contribution in [3.05, 3.63) is 192 Å². The third-order valence-corrected chi connectivity index (χ3v) is 15.5. The Hall–Kier alpha value is -8.91. The topological polar surface area (TPSA) is 373 Å². The highest BCUT2D eigenvalue weighted by molar-refractivity contribution is 9.11. The van der Waals surface area contributed by atoms with Gasteiger partial charge in [0.2, 0.25) is 5.82 Å². The van der Waals surface area contributed by atoms with Crippen LogP contribution in [0.4, 0.5) is 44.2 Å². The fraction of sp³-hybridized carbons (Fsp3) is 0.324. The highest BCUT2D eigenvalue weighted by atomic mass is 79.9. The number of hydrogen-bond acceptors (Lipinski definition) is 22. The number of nitro groups is 2. The highest BCUT2D eigenvalue weighted by Gasteiger charge is 2.23. The van der Waals surface area contributed by atoms with Crippen LogP contribution in [-0.4, -0.2) is 116 Å². The minimum atomic E-state index is -1.02. The molecule has 10 N–H and O–H groups in total. The molecule has 0 bridgehead atoms. The van der Waals surface area contributed by atoms with Crippen LogP contribution in [0.3, 0.4) is 0 Å². The average Bonchev–Trinajstić information content (AvgIpc) is 0.832. The van der Waals surface area contributed by atoms with Gasteiger partial charge in [-0.3, -0.25) is 20.2 Å². The number of carboxylic acids is 2. The number of methoxy groups -OCH3 is 6. The molecule has 0 amide bonds. The Kier molecular flexibility index (Phi) is 44.4. The Morgan fingerprint density at radius 2 is 0.817 bits per heavy atom. The standard InChI is InChI=1S/C17H18ClNO4.C10H13BrClNO2.C10H12BrClO2.C10H12ClNO4.C10H14ClNO2.C7H5ClFNO3.C7H7NO2.C3H8O/c1-10(2)23-11-8-13(18)16(22-3)15(9-11)19-14-7-5-4-6-12(14)17(20)21;1-5(2)15-7-4-6(12)10(14-3)8(11)9(7)13;1-6(2)14-7-4-8(11)10(13-3)9(12)5-7;1-6(2)16-10-4-7(11)9(15-3)5-8(10)12(13)14;1-6(2)14-10-4-7(11)9(13-3)5-8(10)12;1-13-7-3-6(10(11)12)5(9)2-4(7)8;8-6-4-2-1-3-5(6)7(9)10;1-3(2)4/h4-10,19H,1-3H3,(H,20,21);4-5H,13H2,1-3H3;4-6H,1-3H3;4-6H,1-3H3;4-6H,12H2,1-3H3;2-3H,1H3;1-4H,8H2,(H,9,10);3-4H,1-2H3. The van der Waals surface area contributed by atoms with Gasteiger partial charge in [-0.05, 0) is 145 Å². The molecule has 0 aliphatic carbocycles. The van der Waals surface area contributed by atoms with Crippen LogP contribution < -0.4 is 74.6 Å². The van der Waals surface area contributed by atoms with E-state index in [1.54, 1.807) is 115 Å². The minimum Gasteiger partial charge on any atom is -0.495 e. The zero-order valence-electron chi connectivity index (χ0n) is 62.7. The molecule has 0 unspecified atom stereocenters. The van der Waals surface area contributed by atoms with E-state index < -0.39 is 33.3 Å². The van der Waals surface area contributed by atoms with E-state index in [0.717, 1.165) is 22.4 Å². The molecule has 26 nitrogen and oxygen atoms in total. The summed E-state index contributed by atoms with van der Waals surface area (Å²) in [5, 5.41) is 52.1. The Labute approximate surface area is 679 Å². The van der Waals surface area contributed by atoms with Gasteiger partial charge in [-0.25, -0.2) is 9.59 Å². The van der Waals surface area contributed by atoms with Crippen molar-refractivity contribution in [2.45, 2.75) is 120 Å². The molecule has 8 rings (SSSR count). The first-order chi connectivity index (χ1) is 50.9. The number of aliphatic hydroxyl groups is 1. The number of para-hydroxylation sites is 2. The molecule has 0 aliphatic rings. The SMILES string of the molecule is CC(C)O.COc1c(Cl)cc(OC(C)C)c(N)c1Br.COc1c(Cl)cc(OC(C)C)cc1Br.COc1c(Cl)cc(OC(C)C)cc1Nc1ccccc1C(=O)O.COc1cc(N)c(OC(C)C)cc1Cl.COc1cc([N+](=O)[O-])c(F)cc1Cl.COc1cc([N+](=O)[O-])c(OC(C)C)cc1Cl.Nc1ccccc1C(=O)O. The van der Waals surface area contributed by atoms with E-state index >= 15 is 0 Å². The second-order valence-corrected chi connectivity index (χ2v) is 27.3. The van der Waals surface area contributed by atoms with E-state index in [9.17, 15) is 39.3 Å². The number of aromatic carboxylic acids is 2. The number of carbonyl (C=O) groups is 2. The molecule has 35 heteroatoms. The molecule has 0 spiro atoms. The van der Waals surface area contributed by atoms with Gasteiger partial charge in [-0.15, -0.1) is 0 Å². The molecular weight excluding hydrogens is 1680 g/mol. The van der Waals surface area contributed by atoms with Gasteiger partial charge in [0.05, 0.1) is 168 Å². The normalized spacial score (nSPS) is 10.2.